The van der Waals surface area contributed by atoms with Crippen LogP contribution in [-0.4, -0.2) is 26.6 Å². The average Bonchev–Trinajstić information content (AvgIpc) is 1.64. The molecule has 1 N–H and O–H groups in total. The topological polar surface area (TPSA) is 104 Å². The van der Waals surface area contributed by atoms with Gasteiger partial charge in [-0.1, -0.05) is 0 Å². The second-order valence-electron chi connectivity index (χ2n) is 0.672. The van der Waals surface area contributed by atoms with E-state index in [1.165, 1.54) is 0 Å². The minimum Gasteiger partial charge on any atom is -0.757 e. The maximum atomic E-state index is 9.42. The zero-order valence-corrected chi connectivity index (χ0v) is 9.10. The Morgan fingerprint density at radius 2 is 1.44 bits per heavy atom. The number of nitrogens with zero attached hydrogens (tertiary/aromatic N) is 1. The van der Waals surface area contributed by atoms with Crippen molar-refractivity contribution < 1.29 is 74.1 Å². The van der Waals surface area contributed by atoms with E-state index in [0.717, 1.165) is 0 Å². The molecule has 0 fully saturated rings. The second kappa shape index (κ2) is 6.48. The quantitative estimate of drug-likeness (QED) is 0.273. The van der Waals surface area contributed by atoms with E-state index in [1.54, 1.807) is 0 Å². The van der Waals surface area contributed by atoms with Crippen molar-refractivity contribution in [2.24, 2.45) is 0 Å². The predicted molar refractivity (Wildman–Crippen MR) is 21.5 cm³/mol. The van der Waals surface area contributed by atoms with Crippen LogP contribution in [-0.2, 0) is 22.5 Å². The normalized spacial score (nSPS) is 16.4. The van der Waals surface area contributed by atoms with E-state index < -0.39 is 26.4 Å². The molecule has 0 aromatic heterocycles. The molecule has 9 heavy (non-hydrogen) atoms. The molecule has 9 heteroatoms. The molecule has 0 aliphatic heterocycles. The molecule has 0 bridgehead atoms. The zero-order chi connectivity index (χ0) is 6.73. The van der Waals surface area contributed by atoms with Gasteiger partial charge >= 0.3 is 51.4 Å². The summed E-state index contributed by atoms with van der Waals surface area (Å²) in [5.41, 5.74) is 0. The van der Waals surface area contributed by atoms with Gasteiger partial charge < -0.3 is 9.11 Å². The van der Waals surface area contributed by atoms with E-state index in [0.29, 0.717) is 0 Å². The molecule has 0 aliphatic carbocycles. The first-order chi connectivity index (χ1) is 3.55. The molecule has 2 unspecified atom stereocenters. The largest absolute Gasteiger partial charge is 1.00 e. The summed E-state index contributed by atoms with van der Waals surface area (Å²) in [5, 5.41) is 7.81. The van der Waals surface area contributed by atoms with Crippen LogP contribution in [0.2, 0.25) is 0 Å². The predicted octanol–water partition coefficient (Wildman–Crippen LogP) is -4.73. The first kappa shape index (κ1) is 13.4. The van der Waals surface area contributed by atoms with Crippen molar-refractivity contribution in [3.8, 4) is 0 Å². The monoisotopic (exact) mass is 198 g/mol. The first-order valence-electron chi connectivity index (χ1n) is 1.23. The van der Waals surface area contributed by atoms with Crippen molar-refractivity contribution in [1.29, 1.82) is 0 Å². The maximum Gasteiger partial charge on any atom is 1.00 e. The van der Waals surface area contributed by atoms with Gasteiger partial charge in [-0.2, -0.15) is 0 Å². The fourth-order valence-corrected chi connectivity index (χ4v) is 0.447. The fraction of sp³-hybridized carbons (Fsp3) is 0. The van der Waals surface area contributed by atoms with Crippen LogP contribution in [0.3, 0.4) is 0 Å². The Morgan fingerprint density at radius 1 is 1.22 bits per heavy atom. The molecular weight excluding hydrogens is 197 g/mol. The van der Waals surface area contributed by atoms with Crippen molar-refractivity contribution in [3.63, 3.8) is 0 Å². The molecule has 0 saturated carbocycles. The summed E-state index contributed by atoms with van der Waals surface area (Å²) in [4.78, 5) is 0. The molecule has 6 nitrogen and oxygen atoms in total. The van der Waals surface area contributed by atoms with Crippen LogP contribution in [0, 0.1) is 0 Å². The minimum atomic E-state index is -3.11. The van der Waals surface area contributed by atoms with Crippen LogP contribution >= 0.6 is 0 Å². The Hall–Kier alpha value is 1.78. The van der Waals surface area contributed by atoms with Crippen molar-refractivity contribution in [3.05, 3.63) is 0 Å². The Kier molecular flexibility index (Phi) is 9.63. The Morgan fingerprint density at radius 3 is 1.44 bits per heavy atom. The van der Waals surface area contributed by atoms with Gasteiger partial charge in [-0.05, 0) is 3.87 Å². The molecule has 0 heterocycles. The van der Waals surface area contributed by atoms with Crippen LogP contribution in [0.15, 0.2) is 0 Å². The van der Waals surface area contributed by atoms with Crippen LogP contribution in [0.4, 0.5) is 0 Å². The standard InChI is InChI=1S/K.H3NO5S2/c;2-1(7(3)4)8(5)6/h;2H,(H,3,4)(H,5,6)/q+1;/p-2. The first-order valence-corrected chi connectivity index (χ1v) is 3.30. The van der Waals surface area contributed by atoms with Crippen LogP contribution in [0.5, 0.6) is 0 Å². The van der Waals surface area contributed by atoms with Crippen molar-refractivity contribution in [2.45, 2.75) is 0 Å². The van der Waals surface area contributed by atoms with Crippen LogP contribution in [0.25, 0.3) is 0 Å². The van der Waals surface area contributed by atoms with Gasteiger partial charge in [0.15, 0.2) is 0 Å². The van der Waals surface area contributed by atoms with E-state index >= 15 is 0 Å². The van der Waals surface area contributed by atoms with Gasteiger partial charge in [0.05, 0.1) is 22.5 Å². The summed E-state index contributed by atoms with van der Waals surface area (Å²) in [6.45, 7) is 0. The molecule has 2 atom stereocenters. The summed E-state index contributed by atoms with van der Waals surface area (Å²) in [7, 11) is 0. The molecule has 0 spiro atoms. The smallest absolute Gasteiger partial charge is 0.757 e. The van der Waals surface area contributed by atoms with E-state index in [1.807, 2.05) is 0 Å². The van der Waals surface area contributed by atoms with Gasteiger partial charge in [0.2, 0.25) is 0 Å². The summed E-state index contributed by atoms with van der Waals surface area (Å²) in [5.74, 6) is 0. The Labute approximate surface area is 98.8 Å². The number of hydrogen-bond acceptors (Lipinski definition) is 5. The molecule has 0 rings (SSSR count). The molecule has 50 valence electrons. The molecule has 0 radical (unpaired) electrons. The average molecular weight is 198 g/mol. The van der Waals surface area contributed by atoms with Gasteiger partial charge in [0.25, 0.3) is 0 Å². The molecule has 0 aromatic rings. The maximum absolute atomic E-state index is 9.42. The zero-order valence-electron chi connectivity index (χ0n) is 4.34. The van der Waals surface area contributed by atoms with Gasteiger partial charge in [-0.15, -0.1) is 0 Å². The Bertz CT molecular complexity index is 110. The van der Waals surface area contributed by atoms with Gasteiger partial charge in [0.1, 0.15) is 0 Å². The van der Waals surface area contributed by atoms with E-state index in [-0.39, 0.29) is 51.4 Å². The van der Waals surface area contributed by atoms with Crippen molar-refractivity contribution in [1.82, 2.24) is 3.87 Å². The third-order valence-corrected chi connectivity index (χ3v) is 1.50. The summed E-state index contributed by atoms with van der Waals surface area (Å²) in [6.07, 6.45) is 0. The van der Waals surface area contributed by atoms with Crippen LogP contribution < -0.4 is 51.4 Å². The van der Waals surface area contributed by atoms with E-state index in [9.17, 15) is 17.5 Å². The van der Waals surface area contributed by atoms with E-state index in [2.05, 4.69) is 0 Å². The van der Waals surface area contributed by atoms with Crippen molar-refractivity contribution in [2.75, 3.05) is 0 Å². The molecule has 0 aromatic carbocycles. The summed E-state index contributed by atoms with van der Waals surface area (Å²) < 4.78 is 36.9. The third-order valence-electron chi connectivity index (χ3n) is 0.255. The molecule has 0 amide bonds. The summed E-state index contributed by atoms with van der Waals surface area (Å²) in [6, 6.07) is 0. The molecule has 0 saturated heterocycles. The van der Waals surface area contributed by atoms with Gasteiger partial charge in [-0.25, -0.2) is 0 Å². The minimum absolute atomic E-state index is 0. The van der Waals surface area contributed by atoms with Gasteiger partial charge in [0, 0.05) is 0 Å². The van der Waals surface area contributed by atoms with E-state index in [4.69, 9.17) is 5.21 Å². The fourth-order valence-electron chi connectivity index (χ4n) is 0.0497. The molecular formula is HKNO5S2-. The third kappa shape index (κ3) is 6.19. The SMILES string of the molecule is O=S([O-])N(O)S(=O)[O-].[K+]. The Balaban J connectivity index is 0. The van der Waals surface area contributed by atoms with Crippen molar-refractivity contribution >= 4 is 22.5 Å². The summed E-state index contributed by atoms with van der Waals surface area (Å²) >= 11 is -6.23. The number of rotatable bonds is 2. The number of hydrogen-bond donors (Lipinski definition) is 1. The molecule has 0 aliphatic rings. The van der Waals surface area contributed by atoms with Crippen LogP contribution in [0.1, 0.15) is 0 Å². The second-order valence-corrected chi connectivity index (χ2v) is 2.46. The van der Waals surface area contributed by atoms with Gasteiger partial charge in [-0.3, -0.25) is 13.6 Å².